The summed E-state index contributed by atoms with van der Waals surface area (Å²) < 4.78 is 5.61. The molecule has 0 spiro atoms. The lowest BCUT2D eigenvalue weighted by Crippen LogP contribution is -2.34. The van der Waals surface area contributed by atoms with Crippen molar-refractivity contribution < 1.29 is 14.6 Å². The normalized spacial score (nSPS) is 21.1. The van der Waals surface area contributed by atoms with Gasteiger partial charge in [-0.05, 0) is 69.4 Å². The molecule has 1 fully saturated rings. The number of aliphatic hydroxyl groups is 1. The Morgan fingerprint density at radius 2 is 1.76 bits per heavy atom. The number of benzene rings is 1. The second kappa shape index (κ2) is 9.38. The number of ether oxygens (including phenoxy) is 1. The zero-order valence-corrected chi connectivity index (χ0v) is 16.1. The van der Waals surface area contributed by atoms with Gasteiger partial charge in [0.1, 0.15) is 6.10 Å². The predicted octanol–water partition coefficient (Wildman–Crippen LogP) is 5.01. The Morgan fingerprint density at radius 1 is 1.12 bits per heavy atom. The highest BCUT2D eigenvalue weighted by atomic mass is 16.5. The highest BCUT2D eigenvalue weighted by molar-refractivity contribution is 5.76. The SMILES string of the molecule is CCCCCc1ccc(C2CCC(OC(=O)C(C)(C)CO)CC2)cc1. The molecule has 1 saturated carbocycles. The summed E-state index contributed by atoms with van der Waals surface area (Å²) in [6, 6.07) is 9.13. The minimum Gasteiger partial charge on any atom is -0.462 e. The van der Waals surface area contributed by atoms with E-state index in [0.29, 0.717) is 5.92 Å². The van der Waals surface area contributed by atoms with Gasteiger partial charge in [0.05, 0.1) is 12.0 Å². The van der Waals surface area contributed by atoms with Crippen LogP contribution in [0.4, 0.5) is 0 Å². The molecule has 1 aromatic carbocycles. The summed E-state index contributed by atoms with van der Waals surface area (Å²) in [5.74, 6) is 0.292. The van der Waals surface area contributed by atoms with E-state index >= 15 is 0 Å². The van der Waals surface area contributed by atoms with Crippen LogP contribution in [-0.2, 0) is 16.0 Å². The molecule has 1 aliphatic carbocycles. The molecule has 3 heteroatoms. The van der Waals surface area contributed by atoms with Crippen molar-refractivity contribution in [2.24, 2.45) is 5.41 Å². The van der Waals surface area contributed by atoms with Crippen LogP contribution in [0.15, 0.2) is 24.3 Å². The van der Waals surface area contributed by atoms with E-state index < -0.39 is 5.41 Å². The monoisotopic (exact) mass is 346 g/mol. The molecule has 1 aliphatic rings. The van der Waals surface area contributed by atoms with Gasteiger partial charge in [-0.2, -0.15) is 0 Å². The molecule has 2 rings (SSSR count). The van der Waals surface area contributed by atoms with Crippen LogP contribution in [0.25, 0.3) is 0 Å². The minimum atomic E-state index is -0.801. The number of esters is 1. The fraction of sp³-hybridized carbons (Fsp3) is 0.682. The van der Waals surface area contributed by atoms with Gasteiger partial charge in [-0.15, -0.1) is 0 Å². The number of carbonyl (C=O) groups excluding carboxylic acids is 1. The Kier molecular flexibility index (Phi) is 7.49. The average molecular weight is 347 g/mol. The predicted molar refractivity (Wildman–Crippen MR) is 102 cm³/mol. The van der Waals surface area contributed by atoms with Crippen molar-refractivity contribution in [3.8, 4) is 0 Å². The highest BCUT2D eigenvalue weighted by Gasteiger charge is 2.32. The smallest absolute Gasteiger partial charge is 0.314 e. The van der Waals surface area contributed by atoms with Crippen molar-refractivity contribution in [3.05, 3.63) is 35.4 Å². The van der Waals surface area contributed by atoms with Crippen LogP contribution in [-0.4, -0.2) is 23.8 Å². The van der Waals surface area contributed by atoms with Crippen LogP contribution < -0.4 is 0 Å². The quantitative estimate of drug-likeness (QED) is 0.532. The first-order chi connectivity index (χ1) is 12.0. The third kappa shape index (κ3) is 5.85. The molecule has 0 radical (unpaired) electrons. The Morgan fingerprint density at radius 3 is 2.32 bits per heavy atom. The first-order valence-corrected chi connectivity index (χ1v) is 9.87. The van der Waals surface area contributed by atoms with Gasteiger partial charge in [-0.25, -0.2) is 0 Å². The molecular formula is C22H34O3. The number of hydrogen-bond acceptors (Lipinski definition) is 3. The lowest BCUT2D eigenvalue weighted by Gasteiger charge is -2.31. The molecule has 0 saturated heterocycles. The molecule has 1 aromatic rings. The van der Waals surface area contributed by atoms with Crippen molar-refractivity contribution in [1.82, 2.24) is 0 Å². The third-order valence-electron chi connectivity index (χ3n) is 5.42. The summed E-state index contributed by atoms with van der Waals surface area (Å²) in [6.45, 7) is 5.51. The summed E-state index contributed by atoms with van der Waals surface area (Å²) >= 11 is 0. The maximum Gasteiger partial charge on any atom is 0.314 e. The molecule has 0 atom stereocenters. The molecule has 0 bridgehead atoms. The lowest BCUT2D eigenvalue weighted by atomic mass is 9.82. The van der Waals surface area contributed by atoms with Crippen LogP contribution in [0, 0.1) is 5.41 Å². The van der Waals surface area contributed by atoms with Crippen molar-refractivity contribution in [2.45, 2.75) is 84.2 Å². The van der Waals surface area contributed by atoms with Gasteiger partial charge in [0.15, 0.2) is 0 Å². The summed E-state index contributed by atoms with van der Waals surface area (Å²) in [5.41, 5.74) is 2.05. The largest absolute Gasteiger partial charge is 0.462 e. The summed E-state index contributed by atoms with van der Waals surface area (Å²) in [7, 11) is 0. The lowest BCUT2D eigenvalue weighted by molar-refractivity contribution is -0.163. The van der Waals surface area contributed by atoms with Crippen molar-refractivity contribution >= 4 is 5.97 Å². The van der Waals surface area contributed by atoms with Crippen molar-refractivity contribution in [3.63, 3.8) is 0 Å². The topological polar surface area (TPSA) is 46.5 Å². The van der Waals surface area contributed by atoms with Crippen LogP contribution in [0.1, 0.15) is 82.8 Å². The van der Waals surface area contributed by atoms with E-state index in [1.807, 2.05) is 0 Å². The van der Waals surface area contributed by atoms with E-state index in [2.05, 4.69) is 31.2 Å². The van der Waals surface area contributed by atoms with Crippen LogP contribution in [0.2, 0.25) is 0 Å². The van der Waals surface area contributed by atoms with E-state index in [9.17, 15) is 9.90 Å². The number of unbranched alkanes of at least 4 members (excludes halogenated alkanes) is 2. The van der Waals surface area contributed by atoms with Gasteiger partial charge in [0.25, 0.3) is 0 Å². The van der Waals surface area contributed by atoms with E-state index in [4.69, 9.17) is 4.74 Å². The maximum absolute atomic E-state index is 12.1. The number of rotatable bonds is 8. The van der Waals surface area contributed by atoms with Crippen LogP contribution >= 0.6 is 0 Å². The van der Waals surface area contributed by atoms with Crippen molar-refractivity contribution in [1.29, 1.82) is 0 Å². The van der Waals surface area contributed by atoms with E-state index in [1.165, 1.54) is 36.8 Å². The second-order valence-corrected chi connectivity index (χ2v) is 8.12. The summed E-state index contributed by atoms with van der Waals surface area (Å²) in [4.78, 5) is 12.1. The van der Waals surface area contributed by atoms with Gasteiger partial charge in [0.2, 0.25) is 0 Å². The third-order valence-corrected chi connectivity index (χ3v) is 5.42. The average Bonchev–Trinajstić information content (AvgIpc) is 2.63. The molecule has 3 nitrogen and oxygen atoms in total. The molecule has 0 aromatic heterocycles. The molecule has 0 amide bonds. The number of aryl methyl sites for hydroxylation is 1. The van der Waals surface area contributed by atoms with Gasteiger partial charge in [0, 0.05) is 0 Å². The second-order valence-electron chi connectivity index (χ2n) is 8.12. The number of carbonyl (C=O) groups is 1. The highest BCUT2D eigenvalue weighted by Crippen LogP contribution is 2.35. The molecule has 1 N–H and O–H groups in total. The molecule has 0 unspecified atom stereocenters. The summed E-state index contributed by atoms with van der Waals surface area (Å²) in [5, 5.41) is 9.27. The van der Waals surface area contributed by atoms with Gasteiger partial charge < -0.3 is 9.84 Å². The summed E-state index contributed by atoms with van der Waals surface area (Å²) in [6.07, 6.45) is 8.97. The zero-order valence-electron chi connectivity index (χ0n) is 16.1. The zero-order chi connectivity index (χ0) is 18.3. The maximum atomic E-state index is 12.1. The molecule has 140 valence electrons. The van der Waals surface area contributed by atoms with Gasteiger partial charge >= 0.3 is 5.97 Å². The fourth-order valence-corrected chi connectivity index (χ4v) is 3.43. The number of hydrogen-bond donors (Lipinski definition) is 1. The Bertz CT molecular complexity index is 525. The minimum absolute atomic E-state index is 0.00268. The van der Waals surface area contributed by atoms with E-state index in [1.54, 1.807) is 13.8 Å². The molecule has 0 aliphatic heterocycles. The van der Waals surface area contributed by atoms with Crippen LogP contribution in [0.3, 0.4) is 0 Å². The van der Waals surface area contributed by atoms with E-state index in [0.717, 1.165) is 25.7 Å². The van der Waals surface area contributed by atoms with Gasteiger partial charge in [-0.3, -0.25) is 4.79 Å². The Balaban J connectivity index is 1.80. The van der Waals surface area contributed by atoms with Gasteiger partial charge in [-0.1, -0.05) is 44.0 Å². The van der Waals surface area contributed by atoms with Crippen LogP contribution in [0.5, 0.6) is 0 Å². The fourth-order valence-electron chi connectivity index (χ4n) is 3.43. The van der Waals surface area contributed by atoms with Crippen molar-refractivity contribution in [2.75, 3.05) is 6.61 Å². The Hall–Kier alpha value is -1.35. The number of aliphatic hydroxyl groups excluding tert-OH is 1. The van der Waals surface area contributed by atoms with E-state index in [-0.39, 0.29) is 18.7 Å². The first kappa shape index (κ1) is 20.0. The molecule has 0 heterocycles. The molecular weight excluding hydrogens is 312 g/mol. The standard InChI is InChI=1S/C22H34O3/c1-4-5-6-7-17-8-10-18(11-9-17)19-12-14-20(15-13-19)25-21(24)22(2,3)16-23/h8-11,19-20,23H,4-7,12-16H2,1-3H3. The first-order valence-electron chi connectivity index (χ1n) is 9.87. The Labute approximate surface area is 152 Å². The molecule has 25 heavy (non-hydrogen) atoms.